The Balaban J connectivity index is 0.000000357. The van der Waals surface area contributed by atoms with Crippen molar-refractivity contribution in [2.24, 2.45) is 0 Å². The summed E-state index contributed by atoms with van der Waals surface area (Å²) in [6, 6.07) is 45.6. The maximum Gasteiger partial charge on any atom is 0.339 e. The molecule has 0 fully saturated rings. The Morgan fingerprint density at radius 2 is 0.724 bits per heavy atom. The number of carbonyl (C=O) groups excluding carboxylic acids is 3. The summed E-state index contributed by atoms with van der Waals surface area (Å²) < 4.78 is 44.2. The molecule has 14 nitrogen and oxygen atoms in total. The van der Waals surface area contributed by atoms with Gasteiger partial charge in [-0.05, 0) is 236 Å². The first kappa shape index (κ1) is 84.0. The van der Waals surface area contributed by atoms with Crippen LogP contribution < -0.4 is 14.2 Å². The van der Waals surface area contributed by atoms with Gasteiger partial charge in [-0.15, -0.1) is 0 Å². The maximum atomic E-state index is 13.1. The monoisotopic (exact) mass is 1400 g/mol. The van der Waals surface area contributed by atoms with E-state index in [4.69, 9.17) is 72.7 Å². The zero-order valence-corrected chi connectivity index (χ0v) is 59.7. The number of aryl methyl sites for hydroxylation is 3. The molecule has 3 atom stereocenters. The molecule has 0 amide bonds. The molecule has 0 aliphatic carbocycles. The summed E-state index contributed by atoms with van der Waals surface area (Å²) in [6.45, 7) is 28.0. The molecule has 9 rings (SSSR count). The third-order valence-corrected chi connectivity index (χ3v) is 15.4. The normalized spacial score (nSPS) is 12.0. The Bertz CT molecular complexity index is 4160. The quantitative estimate of drug-likeness (QED) is 0.0688. The second-order valence-corrected chi connectivity index (χ2v) is 26.6. The number of aliphatic hydroxyl groups is 1. The maximum absolute atomic E-state index is 13.1. The molecule has 0 saturated carbocycles. The molecule has 0 aliphatic heterocycles. The second-order valence-electron chi connectivity index (χ2n) is 25.3. The first-order valence-electron chi connectivity index (χ1n) is 31.1. The van der Waals surface area contributed by atoms with Gasteiger partial charge in [-0.2, -0.15) is 0 Å². The third kappa shape index (κ3) is 21.6. The Hall–Kier alpha value is -8.21. The van der Waals surface area contributed by atoms with Crippen molar-refractivity contribution in [3.63, 3.8) is 0 Å². The van der Waals surface area contributed by atoms with Crippen molar-refractivity contribution in [1.82, 2.24) is 0 Å². The van der Waals surface area contributed by atoms with Gasteiger partial charge in [-0.25, -0.2) is 14.4 Å². The summed E-state index contributed by atoms with van der Waals surface area (Å²) in [5.74, 6) is -0.0974. The number of carbonyl (C=O) groups is 4. The van der Waals surface area contributed by atoms with Crippen LogP contribution in [0.15, 0.2) is 146 Å². The molecule has 0 aromatic heterocycles. The van der Waals surface area contributed by atoms with E-state index in [1.807, 2.05) is 204 Å². The fraction of sp³-hybridized carbons (Fsp3) is 0.358. The van der Waals surface area contributed by atoms with Crippen LogP contribution in [0.1, 0.15) is 157 Å². The van der Waals surface area contributed by atoms with E-state index < -0.39 is 47.4 Å². The van der Waals surface area contributed by atoms with E-state index in [9.17, 15) is 29.4 Å². The van der Waals surface area contributed by atoms with Gasteiger partial charge in [0.2, 0.25) is 0 Å². The van der Waals surface area contributed by atoms with Crippen LogP contribution in [-0.4, -0.2) is 85.4 Å². The van der Waals surface area contributed by atoms with Crippen LogP contribution >= 0.6 is 34.8 Å². The van der Waals surface area contributed by atoms with Crippen LogP contribution in [0.5, 0.6) is 17.2 Å². The molecule has 9 aromatic carbocycles. The summed E-state index contributed by atoms with van der Waals surface area (Å²) in [5.41, 5.74) is 8.10. The van der Waals surface area contributed by atoms with E-state index in [0.29, 0.717) is 26.2 Å². The minimum absolute atomic E-state index is 0. The van der Waals surface area contributed by atoms with Crippen LogP contribution in [0.25, 0.3) is 65.7 Å². The predicted octanol–water partition coefficient (Wildman–Crippen LogP) is 21.6. The van der Waals surface area contributed by atoms with Gasteiger partial charge in [0.1, 0.15) is 22.8 Å². The van der Waals surface area contributed by atoms with Crippen molar-refractivity contribution in [2.45, 2.75) is 161 Å². The van der Waals surface area contributed by atoms with Gasteiger partial charge in [-0.3, -0.25) is 4.79 Å². The summed E-state index contributed by atoms with van der Waals surface area (Å²) in [7, 11) is 4.90. The second kappa shape index (κ2) is 36.6. The number of hydrogen-bond acceptors (Lipinski definition) is 13. The van der Waals surface area contributed by atoms with Gasteiger partial charge < -0.3 is 48.1 Å². The summed E-state index contributed by atoms with van der Waals surface area (Å²) in [5, 5.41) is 28.2. The average molecular weight is 1400 g/mol. The lowest BCUT2D eigenvalue weighted by Gasteiger charge is -2.29. The molecule has 98 heavy (non-hydrogen) atoms. The number of hydrogen-bond donors (Lipinski definition) is 2. The predicted molar refractivity (Wildman–Crippen MR) is 402 cm³/mol. The van der Waals surface area contributed by atoms with Crippen LogP contribution in [0.2, 0.25) is 15.1 Å². The van der Waals surface area contributed by atoms with Crippen LogP contribution in [0.4, 0.5) is 0 Å². The minimum Gasteiger partial charge on any atom is -0.496 e. The summed E-state index contributed by atoms with van der Waals surface area (Å²) in [4.78, 5) is 47.8. The van der Waals surface area contributed by atoms with Gasteiger partial charge in [0.15, 0.2) is 18.3 Å². The minimum atomic E-state index is -1.38. The van der Waals surface area contributed by atoms with Crippen LogP contribution in [-0.2, 0) is 42.9 Å². The number of rotatable bonds is 16. The molecule has 0 bridgehead atoms. The fourth-order valence-electron chi connectivity index (χ4n) is 11.1. The van der Waals surface area contributed by atoms with Gasteiger partial charge in [0.05, 0.1) is 45.7 Å². The highest BCUT2D eigenvalue weighted by atomic mass is 35.5. The molecule has 3 unspecified atom stereocenters. The Kier molecular flexibility index (Phi) is 31.4. The standard InChI is InChI=1S/C26H29ClO4.C24H25ClO4.C22H21ClO4.C6H12O2.3CH4/c1-7-30-25(28)24(31-26(3,4)5)22-16(2)15-20-19(9-8-10-21(20)29-6)23(22)17-11-13-18(27)14-12-17;1-14-13-18-17(7-6-8-19(18)28-5)21(15-9-11-16(25)12-10-15)20(14)22(23(26)27)29-24(2,3)4;1-4-27-22(25)21(24)19-13(2)12-17-16(6-5-7-18(17)26-3)20(19)14-8-10-15(23)11-9-14;1-5(7)8-6(2,3)4;;;/h8-15,24H,7H2,1-6H3;6-13,22H,1-5H3,(H,26,27);5-12,21,24H,4H2,1-3H3;1-4H3;3*1H4. The van der Waals surface area contributed by atoms with Crippen molar-refractivity contribution >= 4 is 91.0 Å². The number of carboxylic acids is 1. The highest BCUT2D eigenvalue weighted by Gasteiger charge is 2.35. The van der Waals surface area contributed by atoms with Crippen molar-refractivity contribution in [1.29, 1.82) is 0 Å². The molecule has 9 aromatic rings. The van der Waals surface area contributed by atoms with Gasteiger partial charge >= 0.3 is 23.9 Å². The van der Waals surface area contributed by atoms with E-state index in [1.54, 1.807) is 59.4 Å². The molecule has 0 aliphatic rings. The summed E-state index contributed by atoms with van der Waals surface area (Å²) >= 11 is 18.3. The van der Waals surface area contributed by atoms with Gasteiger partial charge in [-0.1, -0.05) is 130 Å². The number of benzene rings is 9. The lowest BCUT2D eigenvalue weighted by atomic mass is 9.87. The van der Waals surface area contributed by atoms with E-state index >= 15 is 0 Å². The first-order valence-corrected chi connectivity index (χ1v) is 32.2. The molecule has 0 saturated heterocycles. The highest BCUT2D eigenvalue weighted by molar-refractivity contribution is 6.31. The lowest BCUT2D eigenvalue weighted by molar-refractivity contribution is -0.166. The zero-order chi connectivity index (χ0) is 70.4. The Morgan fingerprint density at radius 1 is 0.429 bits per heavy atom. The Morgan fingerprint density at radius 3 is 1.00 bits per heavy atom. The molecule has 17 heteroatoms. The topological polar surface area (TPSA) is 183 Å². The zero-order valence-electron chi connectivity index (χ0n) is 57.4. The van der Waals surface area contributed by atoms with E-state index in [1.165, 1.54) is 6.92 Å². The number of aliphatic carboxylic acids is 1. The molecule has 528 valence electrons. The molecule has 2 N–H and O–H groups in total. The largest absolute Gasteiger partial charge is 0.496 e. The smallest absolute Gasteiger partial charge is 0.339 e. The number of methoxy groups -OCH3 is 3. The average Bonchev–Trinajstić information content (AvgIpc) is 0.766. The number of halogens is 3. The van der Waals surface area contributed by atoms with Crippen LogP contribution in [0, 0.1) is 20.8 Å². The van der Waals surface area contributed by atoms with E-state index in [2.05, 4.69) is 0 Å². The van der Waals surface area contributed by atoms with Crippen molar-refractivity contribution in [3.05, 3.63) is 194 Å². The highest BCUT2D eigenvalue weighted by Crippen LogP contribution is 2.46. The third-order valence-electron chi connectivity index (χ3n) is 14.7. The number of carboxylic acid groups (broad SMARTS) is 1. The number of ether oxygens (including phenoxy) is 8. The number of fused-ring (bicyclic) bond motifs is 3. The first-order chi connectivity index (χ1) is 44.7. The fourth-order valence-corrected chi connectivity index (χ4v) is 11.5. The lowest BCUT2D eigenvalue weighted by Crippen LogP contribution is -2.29. The molecular weight excluding hydrogens is 1300 g/mol. The summed E-state index contributed by atoms with van der Waals surface area (Å²) in [6.07, 6.45) is -3.37. The Labute approximate surface area is 595 Å². The SMILES string of the molecule is C.C.C.CC(=O)OC(C)(C)C.CCOC(=O)C(O)c1c(C)cc2c(OC)cccc2c1-c1ccc(Cl)cc1.CCOC(=O)C(OC(C)(C)C)c1c(C)cc2c(OC)cccc2c1-c1ccc(Cl)cc1.COc1cccc2c(-c3ccc(Cl)cc3)c(C(OC(C)(C)C)C(=O)O)c(C)cc12. The van der Waals surface area contributed by atoms with Gasteiger partial charge in [0, 0.05) is 54.8 Å². The molecular formula is C81H99Cl3O14. The van der Waals surface area contributed by atoms with E-state index in [0.717, 1.165) is 105 Å². The van der Waals surface area contributed by atoms with E-state index in [-0.39, 0.29) is 47.1 Å². The van der Waals surface area contributed by atoms with Crippen LogP contribution in [0.3, 0.4) is 0 Å². The number of aliphatic hydroxyl groups excluding tert-OH is 1. The molecule has 0 radical (unpaired) electrons. The van der Waals surface area contributed by atoms with Gasteiger partial charge in [0.25, 0.3) is 0 Å². The van der Waals surface area contributed by atoms with Crippen molar-refractivity contribution in [2.75, 3.05) is 34.5 Å². The molecule has 0 spiro atoms. The van der Waals surface area contributed by atoms with Crippen molar-refractivity contribution in [3.8, 4) is 50.6 Å². The molecule has 0 heterocycles. The van der Waals surface area contributed by atoms with Crippen molar-refractivity contribution < 1.29 is 67.3 Å². The number of esters is 3.